The lowest BCUT2D eigenvalue weighted by Crippen LogP contribution is -2.30. The molecule has 0 aromatic heterocycles. The number of alkyl halides is 2. The maximum atomic E-state index is 12.6. The summed E-state index contributed by atoms with van der Waals surface area (Å²) >= 11 is 0. The van der Waals surface area contributed by atoms with Crippen LogP contribution in [0.1, 0.15) is 13.8 Å². The number of benzene rings is 1. The number of nitrogens with one attached hydrogen (secondary N) is 3. The van der Waals surface area contributed by atoms with Crippen LogP contribution in [-0.2, 0) is 9.84 Å². The summed E-state index contributed by atoms with van der Waals surface area (Å²) in [7, 11) is -4.88. The number of hydrogen-bond acceptors (Lipinski definition) is 7. The fraction of sp³-hybridized carbons (Fsp3) is 0.538. The summed E-state index contributed by atoms with van der Waals surface area (Å²) < 4.78 is 48.1. The van der Waals surface area contributed by atoms with Crippen molar-refractivity contribution in [3.63, 3.8) is 0 Å². The van der Waals surface area contributed by atoms with Crippen LogP contribution in [0.3, 0.4) is 0 Å². The lowest BCUT2D eigenvalue weighted by atomic mass is 9.96. The topological polar surface area (TPSA) is 113 Å². The average molecular weight is 364 g/mol. The van der Waals surface area contributed by atoms with Gasteiger partial charge in [0.1, 0.15) is 5.69 Å². The first-order valence-corrected chi connectivity index (χ1v) is 8.74. The van der Waals surface area contributed by atoms with E-state index < -0.39 is 31.1 Å². The third-order valence-corrected chi connectivity index (χ3v) is 5.46. The van der Waals surface area contributed by atoms with E-state index in [4.69, 9.17) is 0 Å². The fourth-order valence-electron chi connectivity index (χ4n) is 2.58. The third-order valence-electron chi connectivity index (χ3n) is 4.08. The Balaban J connectivity index is 2.26. The molecule has 0 saturated carbocycles. The van der Waals surface area contributed by atoms with Crippen molar-refractivity contribution in [3.05, 3.63) is 28.3 Å². The van der Waals surface area contributed by atoms with Crippen molar-refractivity contribution in [2.45, 2.75) is 36.6 Å². The second-order valence-corrected chi connectivity index (χ2v) is 7.57. The molecule has 0 bridgehead atoms. The van der Waals surface area contributed by atoms with E-state index >= 15 is 0 Å². The summed E-state index contributed by atoms with van der Waals surface area (Å²) in [6.45, 7) is 4.30. The van der Waals surface area contributed by atoms with E-state index in [0.29, 0.717) is 12.6 Å². The number of nitrogens with zero attached hydrogens (tertiary/aromatic N) is 1. The first kappa shape index (κ1) is 18.5. The molecule has 1 fully saturated rings. The standard InChI is InChI=1S/C13H18F2N4O4S/c1-7-10(8(2)18-17-7)6-16-11-4-3-9(5-12(11)19(20)21)24(22,23)13(14)15/h3-5,7-8,10,13,16-18H,6H2,1-2H3. The van der Waals surface area contributed by atoms with Crippen molar-refractivity contribution in [1.29, 1.82) is 0 Å². The Labute approximate surface area is 137 Å². The number of sulfone groups is 1. The number of halogens is 2. The summed E-state index contributed by atoms with van der Waals surface area (Å²) in [5.74, 6) is -3.50. The number of rotatable bonds is 6. The Morgan fingerprint density at radius 3 is 2.38 bits per heavy atom. The molecule has 0 radical (unpaired) electrons. The molecule has 1 aliphatic rings. The van der Waals surface area contributed by atoms with Crippen molar-refractivity contribution in [1.82, 2.24) is 10.9 Å². The average Bonchev–Trinajstić information content (AvgIpc) is 2.83. The van der Waals surface area contributed by atoms with Crippen LogP contribution in [0, 0.1) is 16.0 Å². The zero-order valence-electron chi connectivity index (χ0n) is 13.0. The number of hydrazine groups is 1. The molecule has 1 heterocycles. The molecule has 3 N–H and O–H groups in total. The Bertz CT molecular complexity index is 719. The first-order valence-electron chi connectivity index (χ1n) is 7.20. The summed E-state index contributed by atoms with van der Waals surface area (Å²) in [4.78, 5) is 9.58. The van der Waals surface area contributed by atoms with Gasteiger partial charge in [0.25, 0.3) is 5.69 Å². The Hall–Kier alpha value is -1.85. The lowest BCUT2D eigenvalue weighted by molar-refractivity contribution is -0.384. The van der Waals surface area contributed by atoms with Crippen molar-refractivity contribution in [2.75, 3.05) is 11.9 Å². The molecular weight excluding hydrogens is 346 g/mol. The molecule has 1 aliphatic heterocycles. The normalized spacial score (nSPS) is 24.3. The van der Waals surface area contributed by atoms with Gasteiger partial charge in [-0.15, -0.1) is 0 Å². The molecule has 2 atom stereocenters. The molecule has 134 valence electrons. The predicted molar refractivity (Wildman–Crippen MR) is 83.5 cm³/mol. The molecule has 0 amide bonds. The molecule has 11 heteroatoms. The van der Waals surface area contributed by atoms with Crippen LogP contribution in [0.4, 0.5) is 20.2 Å². The van der Waals surface area contributed by atoms with Gasteiger partial charge >= 0.3 is 5.76 Å². The minimum atomic E-state index is -4.88. The van der Waals surface area contributed by atoms with Gasteiger partial charge in [-0.2, -0.15) is 8.78 Å². The summed E-state index contributed by atoms with van der Waals surface area (Å²) in [6, 6.07) is 2.99. The van der Waals surface area contributed by atoms with E-state index in [9.17, 15) is 27.3 Å². The van der Waals surface area contributed by atoms with Gasteiger partial charge < -0.3 is 5.32 Å². The molecule has 1 aromatic carbocycles. The van der Waals surface area contributed by atoms with Crippen LogP contribution >= 0.6 is 0 Å². The highest BCUT2D eigenvalue weighted by atomic mass is 32.2. The first-order chi connectivity index (χ1) is 11.1. The minimum absolute atomic E-state index is 0.0829. The molecular formula is C13H18F2N4O4S. The van der Waals surface area contributed by atoms with E-state index in [1.54, 1.807) is 0 Å². The maximum absolute atomic E-state index is 12.6. The van der Waals surface area contributed by atoms with Crippen LogP contribution < -0.4 is 16.2 Å². The zero-order chi connectivity index (χ0) is 18.1. The van der Waals surface area contributed by atoms with Crippen molar-refractivity contribution < 1.29 is 22.1 Å². The number of hydrogen-bond donors (Lipinski definition) is 3. The molecule has 0 spiro atoms. The van der Waals surface area contributed by atoms with Gasteiger partial charge in [-0.25, -0.2) is 8.42 Å². The van der Waals surface area contributed by atoms with Crippen LogP contribution in [0.2, 0.25) is 0 Å². The Morgan fingerprint density at radius 1 is 1.29 bits per heavy atom. The summed E-state index contributed by atoms with van der Waals surface area (Å²) in [5.41, 5.74) is 5.62. The van der Waals surface area contributed by atoms with Gasteiger partial charge in [-0.3, -0.25) is 21.0 Å². The lowest BCUT2D eigenvalue weighted by Gasteiger charge is -2.19. The van der Waals surface area contributed by atoms with Crippen LogP contribution in [-0.4, -0.2) is 37.7 Å². The van der Waals surface area contributed by atoms with Gasteiger partial charge in [0, 0.05) is 30.6 Å². The minimum Gasteiger partial charge on any atom is -0.379 e. The van der Waals surface area contributed by atoms with Crippen molar-refractivity contribution in [3.8, 4) is 0 Å². The van der Waals surface area contributed by atoms with Crippen LogP contribution in [0.5, 0.6) is 0 Å². The molecule has 0 aliphatic carbocycles. The van der Waals surface area contributed by atoms with E-state index in [0.717, 1.165) is 12.1 Å². The van der Waals surface area contributed by atoms with E-state index in [1.165, 1.54) is 0 Å². The van der Waals surface area contributed by atoms with E-state index in [-0.39, 0.29) is 23.7 Å². The highest BCUT2D eigenvalue weighted by Crippen LogP contribution is 2.30. The second-order valence-electron chi connectivity index (χ2n) is 5.65. The van der Waals surface area contributed by atoms with Gasteiger partial charge in [0.05, 0.1) is 9.82 Å². The van der Waals surface area contributed by atoms with E-state index in [1.807, 2.05) is 13.8 Å². The summed E-state index contributed by atoms with van der Waals surface area (Å²) in [5, 5.41) is 14.1. The second kappa shape index (κ2) is 6.95. The number of nitro groups is 1. The number of nitro benzene ring substituents is 1. The van der Waals surface area contributed by atoms with Crippen LogP contribution in [0.15, 0.2) is 23.1 Å². The molecule has 1 aromatic rings. The fourth-order valence-corrected chi connectivity index (χ4v) is 3.32. The number of anilines is 1. The Kier molecular flexibility index (Phi) is 5.35. The molecule has 24 heavy (non-hydrogen) atoms. The largest absolute Gasteiger partial charge is 0.379 e. The molecule has 2 rings (SSSR count). The van der Waals surface area contributed by atoms with Gasteiger partial charge in [0.2, 0.25) is 9.84 Å². The van der Waals surface area contributed by atoms with Gasteiger partial charge in [0.15, 0.2) is 0 Å². The monoisotopic (exact) mass is 364 g/mol. The molecule has 8 nitrogen and oxygen atoms in total. The molecule has 1 saturated heterocycles. The SMILES string of the molecule is CC1NNC(C)C1CNc1ccc(S(=O)(=O)C(F)F)cc1[N+](=O)[O-]. The van der Waals surface area contributed by atoms with Gasteiger partial charge in [-0.1, -0.05) is 0 Å². The van der Waals surface area contributed by atoms with E-state index in [2.05, 4.69) is 16.2 Å². The maximum Gasteiger partial charge on any atom is 0.341 e. The van der Waals surface area contributed by atoms with Crippen LogP contribution in [0.25, 0.3) is 0 Å². The molecule has 2 unspecified atom stereocenters. The highest BCUT2D eigenvalue weighted by Gasteiger charge is 2.31. The highest BCUT2D eigenvalue weighted by molar-refractivity contribution is 7.91. The predicted octanol–water partition coefficient (Wildman–Crippen LogP) is 1.50. The smallest absolute Gasteiger partial charge is 0.341 e. The van der Waals surface area contributed by atoms with Crippen molar-refractivity contribution >= 4 is 21.2 Å². The third kappa shape index (κ3) is 3.62. The summed E-state index contributed by atoms with van der Waals surface area (Å²) in [6.07, 6.45) is 0. The van der Waals surface area contributed by atoms with Crippen molar-refractivity contribution in [2.24, 2.45) is 5.92 Å². The Morgan fingerprint density at radius 2 is 1.88 bits per heavy atom. The quantitative estimate of drug-likeness (QED) is 0.518. The van der Waals surface area contributed by atoms with Gasteiger partial charge in [-0.05, 0) is 26.0 Å². The zero-order valence-corrected chi connectivity index (χ0v) is 13.8.